The standard InChI is InChI=1S/C25H30N2O2/c1-6-15-29-23(28)17-7-10-19(11-8-17)27-22(26)18-9-12-20-21(16-18)25(4,5)14-13-24(20,2)3/h6-12,16H,1,13-15H2,2-5H3,(H2,26,27). The van der Waals surface area contributed by atoms with Crippen molar-refractivity contribution in [3.05, 3.63) is 77.4 Å². The lowest BCUT2D eigenvalue weighted by molar-refractivity contribution is 0.0550. The molecule has 4 nitrogen and oxygen atoms in total. The molecule has 0 heterocycles. The first kappa shape index (κ1) is 20.8. The number of ether oxygens (including phenoxy) is 1. The first-order valence-corrected chi connectivity index (χ1v) is 10.0. The number of esters is 1. The molecule has 0 unspecified atom stereocenters. The summed E-state index contributed by atoms with van der Waals surface area (Å²) >= 11 is 0. The zero-order valence-corrected chi connectivity index (χ0v) is 17.8. The Labute approximate surface area is 173 Å². The maximum Gasteiger partial charge on any atom is 0.338 e. The van der Waals surface area contributed by atoms with E-state index < -0.39 is 0 Å². The van der Waals surface area contributed by atoms with Crippen LogP contribution in [0.1, 0.15) is 67.6 Å². The van der Waals surface area contributed by atoms with Gasteiger partial charge in [-0.3, -0.25) is 0 Å². The van der Waals surface area contributed by atoms with E-state index in [0.29, 0.717) is 17.1 Å². The van der Waals surface area contributed by atoms with Crippen molar-refractivity contribution in [2.45, 2.75) is 51.4 Å². The van der Waals surface area contributed by atoms with Gasteiger partial charge in [-0.15, -0.1) is 0 Å². The summed E-state index contributed by atoms with van der Waals surface area (Å²) in [5, 5.41) is 0. The fourth-order valence-electron chi connectivity index (χ4n) is 3.84. The number of hydrogen-bond donors (Lipinski definition) is 1. The third kappa shape index (κ3) is 4.42. The molecule has 1 aliphatic carbocycles. The van der Waals surface area contributed by atoms with Crippen LogP contribution < -0.4 is 5.73 Å². The minimum absolute atomic E-state index is 0.120. The van der Waals surface area contributed by atoms with Crippen molar-refractivity contribution < 1.29 is 9.53 Å². The number of carbonyl (C=O) groups excluding carboxylic acids is 1. The van der Waals surface area contributed by atoms with Gasteiger partial charge in [-0.05, 0) is 65.1 Å². The van der Waals surface area contributed by atoms with Crippen molar-refractivity contribution in [2.75, 3.05) is 6.61 Å². The summed E-state index contributed by atoms with van der Waals surface area (Å²) < 4.78 is 5.04. The Morgan fingerprint density at radius 3 is 2.24 bits per heavy atom. The number of hydrogen-bond acceptors (Lipinski definition) is 3. The van der Waals surface area contributed by atoms with Gasteiger partial charge in [-0.1, -0.05) is 52.5 Å². The molecule has 0 saturated heterocycles. The summed E-state index contributed by atoms with van der Waals surface area (Å²) in [6.45, 7) is 12.9. The molecule has 152 valence electrons. The quantitative estimate of drug-likeness (QED) is 0.321. The molecule has 2 N–H and O–H groups in total. The van der Waals surface area contributed by atoms with Crippen molar-refractivity contribution >= 4 is 17.5 Å². The summed E-state index contributed by atoms with van der Waals surface area (Å²) in [7, 11) is 0. The van der Waals surface area contributed by atoms with E-state index in [2.05, 4.69) is 57.5 Å². The zero-order valence-electron chi connectivity index (χ0n) is 17.8. The van der Waals surface area contributed by atoms with Gasteiger partial charge in [0.1, 0.15) is 12.4 Å². The summed E-state index contributed by atoms with van der Waals surface area (Å²) in [6, 6.07) is 13.4. The van der Waals surface area contributed by atoms with Gasteiger partial charge < -0.3 is 10.5 Å². The van der Waals surface area contributed by atoms with E-state index in [9.17, 15) is 4.79 Å². The lowest BCUT2D eigenvalue weighted by Crippen LogP contribution is -2.34. The summed E-state index contributed by atoms with van der Waals surface area (Å²) in [5.74, 6) is 0.0851. The molecule has 2 aromatic carbocycles. The number of nitrogens with zero attached hydrogens (tertiary/aromatic N) is 1. The van der Waals surface area contributed by atoms with Gasteiger partial charge in [0.2, 0.25) is 0 Å². The molecule has 29 heavy (non-hydrogen) atoms. The van der Waals surface area contributed by atoms with E-state index in [0.717, 1.165) is 12.0 Å². The van der Waals surface area contributed by atoms with E-state index in [-0.39, 0.29) is 23.4 Å². The highest BCUT2D eigenvalue weighted by Gasteiger charge is 2.37. The maximum absolute atomic E-state index is 11.9. The molecule has 0 spiro atoms. The minimum atomic E-state index is -0.382. The van der Waals surface area contributed by atoms with Gasteiger partial charge in [0, 0.05) is 5.56 Å². The molecule has 0 bridgehead atoms. The Kier molecular flexibility index (Phi) is 5.65. The monoisotopic (exact) mass is 390 g/mol. The number of nitrogens with two attached hydrogens (primary N) is 1. The Morgan fingerprint density at radius 2 is 1.62 bits per heavy atom. The molecule has 0 atom stereocenters. The van der Waals surface area contributed by atoms with E-state index in [1.807, 2.05) is 0 Å². The van der Waals surface area contributed by atoms with E-state index in [4.69, 9.17) is 10.5 Å². The minimum Gasteiger partial charge on any atom is -0.458 e. The van der Waals surface area contributed by atoms with Gasteiger partial charge in [0.25, 0.3) is 0 Å². The largest absolute Gasteiger partial charge is 0.458 e. The molecule has 0 amide bonds. The van der Waals surface area contributed by atoms with Crippen molar-refractivity contribution in [3.8, 4) is 0 Å². The summed E-state index contributed by atoms with van der Waals surface area (Å²) in [5.41, 5.74) is 11.5. The van der Waals surface area contributed by atoms with Crippen LogP contribution in [0.25, 0.3) is 0 Å². The molecule has 1 aliphatic rings. The number of amidine groups is 1. The third-order valence-electron chi connectivity index (χ3n) is 5.83. The smallest absolute Gasteiger partial charge is 0.338 e. The second-order valence-electron chi connectivity index (χ2n) is 8.96. The number of rotatable bonds is 5. The molecule has 3 rings (SSSR count). The van der Waals surface area contributed by atoms with Crippen LogP contribution in [-0.4, -0.2) is 18.4 Å². The van der Waals surface area contributed by atoms with Crippen molar-refractivity contribution in [1.82, 2.24) is 0 Å². The molecule has 0 saturated carbocycles. The van der Waals surface area contributed by atoms with Crippen LogP contribution in [0, 0.1) is 0 Å². The molecule has 0 fully saturated rings. The number of carbonyl (C=O) groups is 1. The normalized spacial score (nSPS) is 17.3. The van der Waals surface area contributed by atoms with Crippen LogP contribution in [-0.2, 0) is 15.6 Å². The third-order valence-corrected chi connectivity index (χ3v) is 5.83. The van der Waals surface area contributed by atoms with Crippen LogP contribution in [0.5, 0.6) is 0 Å². The molecule has 2 aromatic rings. The molecule has 4 heteroatoms. The fourth-order valence-corrected chi connectivity index (χ4v) is 3.84. The van der Waals surface area contributed by atoms with Gasteiger partial charge in [0.15, 0.2) is 0 Å². The van der Waals surface area contributed by atoms with Crippen LogP contribution in [0.15, 0.2) is 60.1 Å². The average Bonchev–Trinajstić information content (AvgIpc) is 2.70. The molecule has 0 aliphatic heterocycles. The highest BCUT2D eigenvalue weighted by Crippen LogP contribution is 2.45. The highest BCUT2D eigenvalue weighted by molar-refractivity contribution is 5.99. The molecular formula is C25H30N2O2. The zero-order chi connectivity index (χ0) is 21.2. The fraction of sp³-hybridized carbons (Fsp3) is 0.360. The Morgan fingerprint density at radius 1 is 1.03 bits per heavy atom. The predicted octanol–water partition coefficient (Wildman–Crippen LogP) is 5.42. The van der Waals surface area contributed by atoms with Gasteiger partial charge in [0.05, 0.1) is 11.3 Å². The second kappa shape index (κ2) is 7.86. The van der Waals surface area contributed by atoms with E-state index in [1.165, 1.54) is 23.6 Å². The lowest BCUT2D eigenvalue weighted by Gasteiger charge is -2.42. The van der Waals surface area contributed by atoms with Crippen LogP contribution in [0.3, 0.4) is 0 Å². The molecule has 0 aromatic heterocycles. The number of fused-ring (bicyclic) bond motifs is 1. The van der Waals surface area contributed by atoms with Crippen molar-refractivity contribution in [3.63, 3.8) is 0 Å². The topological polar surface area (TPSA) is 64.7 Å². The molecule has 0 radical (unpaired) electrons. The highest BCUT2D eigenvalue weighted by atomic mass is 16.5. The van der Waals surface area contributed by atoms with Crippen LogP contribution >= 0.6 is 0 Å². The average molecular weight is 391 g/mol. The Balaban J connectivity index is 1.87. The van der Waals surface area contributed by atoms with Gasteiger partial charge in [-0.25, -0.2) is 9.79 Å². The lowest BCUT2D eigenvalue weighted by atomic mass is 9.63. The predicted molar refractivity (Wildman–Crippen MR) is 119 cm³/mol. The number of aliphatic imine (C=N–C) groups is 1. The Hall–Kier alpha value is -2.88. The van der Waals surface area contributed by atoms with Gasteiger partial charge >= 0.3 is 5.97 Å². The van der Waals surface area contributed by atoms with E-state index in [1.54, 1.807) is 24.3 Å². The summed E-state index contributed by atoms with van der Waals surface area (Å²) in [4.78, 5) is 16.4. The SMILES string of the molecule is C=CCOC(=O)c1ccc(N=C(N)c2ccc3c(c2)C(C)(C)CCC3(C)C)cc1. The second-order valence-corrected chi connectivity index (χ2v) is 8.96. The maximum atomic E-state index is 11.9. The number of benzene rings is 2. The van der Waals surface area contributed by atoms with Crippen LogP contribution in [0.4, 0.5) is 5.69 Å². The first-order chi connectivity index (χ1) is 13.6. The van der Waals surface area contributed by atoms with Crippen molar-refractivity contribution in [2.24, 2.45) is 10.7 Å². The van der Waals surface area contributed by atoms with E-state index >= 15 is 0 Å². The molecular weight excluding hydrogens is 360 g/mol. The Bertz CT molecular complexity index is 953. The van der Waals surface area contributed by atoms with Crippen LogP contribution in [0.2, 0.25) is 0 Å². The summed E-state index contributed by atoms with van der Waals surface area (Å²) in [6.07, 6.45) is 3.87. The first-order valence-electron chi connectivity index (χ1n) is 10.0. The van der Waals surface area contributed by atoms with Gasteiger partial charge in [-0.2, -0.15) is 0 Å². The van der Waals surface area contributed by atoms with Crippen molar-refractivity contribution in [1.29, 1.82) is 0 Å².